The standard InChI is InChI=1S/C34H48FN7O6/c1-33(2,3)28(39-32(48)37-17-24(43)41-14-12-40(13-15-41)21-10-8-20(35)9-11-21)31(47)42-18-22-25(34(22,4)5)26(42)30(46)38-23(16-19-6-7-19)27(44)29(36)45/h8-11,19,22-23,25-26,28H,6-7,12-18H2,1-5H3,(H2,36,45)(H,38,46)(H2,37,39,48)/t22-,23?,25-,26-,28+/m0/s1. The Bertz CT molecular complexity index is 1450. The molecule has 48 heavy (non-hydrogen) atoms. The Morgan fingerprint density at radius 3 is 2.17 bits per heavy atom. The molecule has 1 aromatic carbocycles. The summed E-state index contributed by atoms with van der Waals surface area (Å²) in [5.41, 5.74) is 5.19. The summed E-state index contributed by atoms with van der Waals surface area (Å²) in [6.45, 7) is 11.5. The van der Waals surface area contributed by atoms with E-state index in [1.165, 1.54) is 17.0 Å². The van der Waals surface area contributed by atoms with Gasteiger partial charge in [-0.05, 0) is 59.3 Å². The molecule has 2 aliphatic heterocycles. The highest BCUT2D eigenvalue weighted by Crippen LogP contribution is 2.65. The normalized spacial score (nSPS) is 24.2. The Labute approximate surface area is 280 Å². The Balaban J connectivity index is 1.19. The highest BCUT2D eigenvalue weighted by atomic mass is 19.1. The van der Waals surface area contributed by atoms with Crippen molar-refractivity contribution in [1.29, 1.82) is 0 Å². The Hall–Kier alpha value is -4.23. The number of urea groups is 1. The molecule has 14 heteroatoms. The maximum Gasteiger partial charge on any atom is 0.315 e. The predicted octanol–water partition coefficient (Wildman–Crippen LogP) is 1.01. The van der Waals surface area contributed by atoms with Crippen molar-refractivity contribution in [2.45, 2.75) is 72.0 Å². The molecule has 4 aliphatic rings. The minimum atomic E-state index is -1.11. The van der Waals surface area contributed by atoms with Crippen LogP contribution < -0.4 is 26.6 Å². The molecule has 0 spiro atoms. The molecule has 2 heterocycles. The number of anilines is 1. The van der Waals surface area contributed by atoms with Gasteiger partial charge in [0.1, 0.15) is 17.9 Å². The smallest absolute Gasteiger partial charge is 0.315 e. The molecule has 262 valence electrons. The lowest BCUT2D eigenvalue weighted by molar-refractivity contribution is -0.145. The predicted molar refractivity (Wildman–Crippen MR) is 175 cm³/mol. The number of ketones is 1. The number of carbonyl (C=O) groups is 6. The molecule has 6 amide bonds. The Kier molecular flexibility index (Phi) is 9.76. The molecule has 2 saturated heterocycles. The average Bonchev–Trinajstić information content (AvgIpc) is 3.88. The fraction of sp³-hybridized carbons (Fsp3) is 0.647. The number of carbonyl (C=O) groups excluding carboxylic acids is 6. The first-order chi connectivity index (χ1) is 22.5. The van der Waals surface area contributed by atoms with Crippen molar-refractivity contribution < 1.29 is 33.2 Å². The third-order valence-corrected chi connectivity index (χ3v) is 10.5. The number of Topliss-reactive ketones (excluding diaryl/α,β-unsaturated/α-hetero) is 1. The van der Waals surface area contributed by atoms with E-state index in [1.807, 2.05) is 13.8 Å². The number of halogens is 1. The van der Waals surface area contributed by atoms with Crippen molar-refractivity contribution in [2.24, 2.45) is 34.3 Å². The maximum atomic E-state index is 14.1. The molecule has 5 atom stereocenters. The van der Waals surface area contributed by atoms with Gasteiger partial charge in [0.2, 0.25) is 23.5 Å². The quantitative estimate of drug-likeness (QED) is 0.255. The number of fused-ring (bicyclic) bond motifs is 1. The minimum absolute atomic E-state index is 0.0570. The highest BCUT2D eigenvalue weighted by molar-refractivity contribution is 6.37. The van der Waals surface area contributed by atoms with Crippen LogP contribution in [0.5, 0.6) is 0 Å². The number of rotatable bonds is 11. The number of hydrogen-bond acceptors (Lipinski definition) is 7. The van der Waals surface area contributed by atoms with Gasteiger partial charge in [0.25, 0.3) is 5.91 Å². The van der Waals surface area contributed by atoms with E-state index >= 15 is 0 Å². The second kappa shape index (κ2) is 13.3. The third-order valence-electron chi connectivity index (χ3n) is 10.5. The summed E-state index contributed by atoms with van der Waals surface area (Å²) in [5.74, 6) is -3.36. The van der Waals surface area contributed by atoms with Crippen LogP contribution >= 0.6 is 0 Å². The molecule has 1 unspecified atom stereocenters. The number of amides is 6. The average molecular weight is 670 g/mol. The summed E-state index contributed by atoms with van der Waals surface area (Å²) < 4.78 is 13.3. The van der Waals surface area contributed by atoms with Gasteiger partial charge >= 0.3 is 6.03 Å². The van der Waals surface area contributed by atoms with Gasteiger partial charge in [0, 0.05) is 38.4 Å². The summed E-state index contributed by atoms with van der Waals surface area (Å²) in [7, 11) is 0. The molecule has 5 N–H and O–H groups in total. The fourth-order valence-electron chi connectivity index (χ4n) is 7.29. The summed E-state index contributed by atoms with van der Waals surface area (Å²) in [4.78, 5) is 83.5. The molecule has 5 rings (SSSR count). The van der Waals surface area contributed by atoms with Gasteiger partial charge in [0.15, 0.2) is 0 Å². The van der Waals surface area contributed by atoms with Crippen LogP contribution in [0.2, 0.25) is 0 Å². The summed E-state index contributed by atoms with van der Waals surface area (Å²) in [6.07, 6.45) is 2.14. The molecule has 1 aromatic rings. The van der Waals surface area contributed by atoms with Crippen molar-refractivity contribution >= 4 is 41.1 Å². The molecule has 2 saturated carbocycles. The lowest BCUT2D eigenvalue weighted by atomic mass is 9.85. The Morgan fingerprint density at radius 1 is 0.979 bits per heavy atom. The Morgan fingerprint density at radius 2 is 1.60 bits per heavy atom. The number of nitrogens with two attached hydrogens (primary N) is 1. The van der Waals surface area contributed by atoms with Crippen LogP contribution in [0.25, 0.3) is 0 Å². The maximum absolute atomic E-state index is 14.1. The van der Waals surface area contributed by atoms with Crippen molar-refractivity contribution in [3.8, 4) is 0 Å². The number of likely N-dealkylation sites (tertiary alicyclic amines) is 1. The van der Waals surface area contributed by atoms with E-state index in [0.29, 0.717) is 39.1 Å². The van der Waals surface area contributed by atoms with Crippen molar-refractivity contribution in [2.75, 3.05) is 44.2 Å². The van der Waals surface area contributed by atoms with E-state index in [4.69, 9.17) is 5.73 Å². The lowest BCUT2D eigenvalue weighted by Crippen LogP contribution is -2.61. The number of nitrogens with one attached hydrogen (secondary N) is 3. The first kappa shape index (κ1) is 35.1. The number of primary amides is 1. The van der Waals surface area contributed by atoms with Crippen LogP contribution in [0.15, 0.2) is 24.3 Å². The summed E-state index contributed by atoms with van der Waals surface area (Å²) in [5, 5.41) is 8.08. The minimum Gasteiger partial charge on any atom is -0.368 e. The molecule has 4 fully saturated rings. The third kappa shape index (κ3) is 7.57. The van der Waals surface area contributed by atoms with Crippen molar-refractivity contribution in [1.82, 2.24) is 25.8 Å². The topological polar surface area (TPSA) is 174 Å². The van der Waals surface area contributed by atoms with Crippen molar-refractivity contribution in [3.63, 3.8) is 0 Å². The van der Waals surface area contributed by atoms with Crippen LogP contribution in [0.1, 0.15) is 53.9 Å². The molecule has 0 radical (unpaired) electrons. The van der Waals surface area contributed by atoms with Gasteiger partial charge in [0.05, 0.1) is 12.6 Å². The molecule has 2 aliphatic carbocycles. The number of piperazine rings is 1. The number of nitrogens with zero attached hydrogens (tertiary/aromatic N) is 3. The van der Waals surface area contributed by atoms with Gasteiger partial charge in [-0.1, -0.05) is 47.5 Å². The fourth-order valence-corrected chi connectivity index (χ4v) is 7.29. The zero-order valence-electron chi connectivity index (χ0n) is 28.4. The highest BCUT2D eigenvalue weighted by Gasteiger charge is 2.70. The monoisotopic (exact) mass is 669 g/mol. The second-order valence-electron chi connectivity index (χ2n) is 15.3. The first-order valence-corrected chi connectivity index (χ1v) is 16.8. The van der Waals surface area contributed by atoms with Crippen LogP contribution in [-0.2, 0) is 24.0 Å². The van der Waals surface area contributed by atoms with Crippen molar-refractivity contribution in [3.05, 3.63) is 30.1 Å². The van der Waals surface area contributed by atoms with Crippen LogP contribution in [0, 0.1) is 34.4 Å². The van der Waals surface area contributed by atoms with Gasteiger partial charge in [-0.15, -0.1) is 0 Å². The van der Waals surface area contributed by atoms with Crippen LogP contribution in [0.4, 0.5) is 14.9 Å². The van der Waals surface area contributed by atoms with Gasteiger partial charge < -0.3 is 36.4 Å². The van der Waals surface area contributed by atoms with E-state index in [-0.39, 0.29) is 41.4 Å². The molecule has 0 aromatic heterocycles. The van der Waals surface area contributed by atoms with Gasteiger partial charge in [-0.3, -0.25) is 24.0 Å². The number of hydrogen-bond donors (Lipinski definition) is 4. The molecule has 0 bridgehead atoms. The van der Waals surface area contributed by atoms with E-state index in [1.54, 1.807) is 37.8 Å². The van der Waals surface area contributed by atoms with Crippen LogP contribution in [0.3, 0.4) is 0 Å². The van der Waals surface area contributed by atoms with Gasteiger partial charge in [-0.2, -0.15) is 0 Å². The molecular weight excluding hydrogens is 621 g/mol. The zero-order chi connectivity index (χ0) is 35.1. The van der Waals surface area contributed by atoms with E-state index < -0.39 is 53.1 Å². The SMILES string of the molecule is CC(C)(C)[C@H](NC(=O)NCC(=O)N1CCN(c2ccc(F)cc2)CC1)C(=O)N1C[C@H]2[C@@H]([C@H]1C(=O)NC(CC1CC1)C(=O)C(N)=O)C2(C)C. The van der Waals surface area contributed by atoms with Gasteiger partial charge in [-0.25, -0.2) is 9.18 Å². The summed E-state index contributed by atoms with van der Waals surface area (Å²) in [6, 6.07) is 2.53. The molecule has 13 nitrogen and oxygen atoms in total. The second-order valence-corrected chi connectivity index (χ2v) is 15.3. The lowest BCUT2D eigenvalue weighted by Gasteiger charge is -2.38. The van der Waals surface area contributed by atoms with E-state index in [0.717, 1.165) is 18.5 Å². The first-order valence-electron chi connectivity index (χ1n) is 16.8. The molecular formula is C34H48FN7O6. The summed E-state index contributed by atoms with van der Waals surface area (Å²) >= 11 is 0. The number of benzene rings is 1. The van der Waals surface area contributed by atoms with E-state index in [2.05, 4.69) is 20.9 Å². The van der Waals surface area contributed by atoms with Crippen LogP contribution in [-0.4, -0.2) is 103 Å². The number of piperidine rings is 1. The largest absolute Gasteiger partial charge is 0.368 e. The van der Waals surface area contributed by atoms with E-state index in [9.17, 15) is 33.2 Å². The zero-order valence-corrected chi connectivity index (χ0v) is 28.4.